The molecule has 0 unspecified atom stereocenters. The van der Waals surface area contributed by atoms with Crippen LogP contribution in [-0.4, -0.2) is 19.3 Å². The van der Waals surface area contributed by atoms with Gasteiger partial charge in [0.25, 0.3) is 0 Å². The van der Waals surface area contributed by atoms with Crippen LogP contribution in [0.25, 0.3) is 0 Å². The molecule has 3 rings (SSSR count). The van der Waals surface area contributed by atoms with Gasteiger partial charge in [-0.2, -0.15) is 0 Å². The van der Waals surface area contributed by atoms with Crippen LogP contribution in [0.1, 0.15) is 49.0 Å². The average molecular weight is 328 g/mol. The van der Waals surface area contributed by atoms with E-state index in [1.54, 1.807) is 20.3 Å². The fourth-order valence-corrected chi connectivity index (χ4v) is 3.35. The summed E-state index contributed by atoms with van der Waals surface area (Å²) in [6.45, 7) is 4.33. The highest BCUT2D eigenvalue weighted by Crippen LogP contribution is 2.51. The number of aromatic hydroxyl groups is 1. The summed E-state index contributed by atoms with van der Waals surface area (Å²) in [6.07, 6.45) is 1.99. The largest absolute Gasteiger partial charge is 0.504 e. The van der Waals surface area contributed by atoms with Gasteiger partial charge in [-0.25, -0.2) is 0 Å². The molecule has 0 fully saturated rings. The number of hydrogen-bond donors (Lipinski definition) is 1. The van der Waals surface area contributed by atoms with Gasteiger partial charge in [0.05, 0.1) is 14.2 Å². The van der Waals surface area contributed by atoms with Crippen LogP contribution in [0.2, 0.25) is 0 Å². The van der Waals surface area contributed by atoms with Crippen molar-refractivity contribution in [3.63, 3.8) is 0 Å². The summed E-state index contributed by atoms with van der Waals surface area (Å²) in [5, 5.41) is 9.81. The molecule has 0 aromatic heterocycles. The lowest BCUT2D eigenvalue weighted by molar-refractivity contribution is 0.207. The lowest BCUT2D eigenvalue weighted by Crippen LogP contribution is -2.07. The second-order valence-electron chi connectivity index (χ2n) is 6.22. The fraction of sp³-hybridized carbons (Fsp3) is 0.400. The van der Waals surface area contributed by atoms with E-state index in [0.29, 0.717) is 5.75 Å². The molecular formula is C20H24O4. The van der Waals surface area contributed by atoms with Gasteiger partial charge in [-0.3, -0.25) is 0 Å². The molecule has 2 aromatic carbocycles. The summed E-state index contributed by atoms with van der Waals surface area (Å²) in [5.74, 6) is 2.39. The van der Waals surface area contributed by atoms with E-state index in [1.807, 2.05) is 12.1 Å². The van der Waals surface area contributed by atoms with Crippen LogP contribution in [0.4, 0.5) is 0 Å². The van der Waals surface area contributed by atoms with Crippen molar-refractivity contribution in [1.29, 1.82) is 0 Å². The third kappa shape index (κ3) is 2.77. The van der Waals surface area contributed by atoms with Gasteiger partial charge in [0.2, 0.25) is 0 Å². The molecule has 1 aliphatic rings. The van der Waals surface area contributed by atoms with Gasteiger partial charge >= 0.3 is 0 Å². The molecule has 4 heteroatoms. The average Bonchev–Trinajstić information content (AvgIpc) is 2.92. The fourth-order valence-electron chi connectivity index (χ4n) is 3.35. The first-order chi connectivity index (χ1) is 11.6. The first-order valence-electron chi connectivity index (χ1n) is 8.33. The monoisotopic (exact) mass is 328 g/mol. The van der Waals surface area contributed by atoms with E-state index in [9.17, 15) is 5.11 Å². The summed E-state index contributed by atoms with van der Waals surface area (Å²) >= 11 is 0. The molecule has 1 aliphatic heterocycles. The number of phenolic OH excluding ortho intramolecular Hbond substituents is 1. The first kappa shape index (κ1) is 16.5. The van der Waals surface area contributed by atoms with Gasteiger partial charge in [0, 0.05) is 11.5 Å². The van der Waals surface area contributed by atoms with Crippen molar-refractivity contribution in [1.82, 2.24) is 0 Å². The molecular weight excluding hydrogens is 304 g/mol. The van der Waals surface area contributed by atoms with E-state index in [1.165, 1.54) is 11.1 Å². The predicted molar refractivity (Wildman–Crippen MR) is 93.4 cm³/mol. The van der Waals surface area contributed by atoms with E-state index < -0.39 is 0 Å². The Kier molecular flexibility index (Phi) is 4.56. The van der Waals surface area contributed by atoms with Crippen LogP contribution in [0, 0.1) is 0 Å². The summed E-state index contributed by atoms with van der Waals surface area (Å²) < 4.78 is 17.0. The molecule has 1 N–H and O–H groups in total. The molecule has 0 bridgehead atoms. The van der Waals surface area contributed by atoms with Crippen molar-refractivity contribution in [2.45, 2.75) is 38.7 Å². The second-order valence-corrected chi connectivity index (χ2v) is 6.22. The lowest BCUT2D eigenvalue weighted by Gasteiger charge is -2.17. The maximum Gasteiger partial charge on any atom is 0.165 e. The minimum absolute atomic E-state index is 0.125. The molecule has 0 aliphatic carbocycles. The van der Waals surface area contributed by atoms with E-state index in [-0.39, 0.29) is 17.8 Å². The van der Waals surface area contributed by atoms with Gasteiger partial charge in [0.1, 0.15) is 6.10 Å². The van der Waals surface area contributed by atoms with Crippen molar-refractivity contribution >= 4 is 0 Å². The molecule has 2 atom stereocenters. The van der Waals surface area contributed by atoms with Crippen molar-refractivity contribution in [2.75, 3.05) is 14.2 Å². The highest BCUT2D eigenvalue weighted by molar-refractivity contribution is 5.55. The van der Waals surface area contributed by atoms with Crippen LogP contribution in [0.15, 0.2) is 30.3 Å². The number of methoxy groups -OCH3 is 2. The Bertz CT molecular complexity index is 739. The molecule has 1 heterocycles. The Balaban J connectivity index is 1.99. The number of benzene rings is 2. The first-order valence-corrected chi connectivity index (χ1v) is 8.33. The Morgan fingerprint density at radius 2 is 1.83 bits per heavy atom. The molecule has 4 nitrogen and oxygen atoms in total. The quantitative estimate of drug-likeness (QED) is 0.871. The van der Waals surface area contributed by atoms with Gasteiger partial charge < -0.3 is 19.3 Å². The molecule has 24 heavy (non-hydrogen) atoms. The van der Waals surface area contributed by atoms with Crippen molar-refractivity contribution in [3.05, 3.63) is 47.0 Å². The molecule has 0 saturated heterocycles. The van der Waals surface area contributed by atoms with E-state index in [0.717, 1.165) is 29.9 Å². The highest BCUT2D eigenvalue weighted by Gasteiger charge is 2.35. The summed E-state index contributed by atoms with van der Waals surface area (Å²) in [6, 6.07) is 9.65. The summed E-state index contributed by atoms with van der Waals surface area (Å²) in [5.41, 5.74) is 3.43. The van der Waals surface area contributed by atoms with Crippen molar-refractivity contribution in [3.8, 4) is 23.0 Å². The minimum atomic E-state index is -0.125. The Morgan fingerprint density at radius 3 is 2.50 bits per heavy atom. The number of ether oxygens (including phenoxy) is 3. The lowest BCUT2D eigenvalue weighted by atomic mass is 9.91. The van der Waals surface area contributed by atoms with Gasteiger partial charge in [-0.05, 0) is 35.7 Å². The summed E-state index contributed by atoms with van der Waals surface area (Å²) in [7, 11) is 3.23. The predicted octanol–water partition coefficient (Wildman–Crippen LogP) is 4.60. The van der Waals surface area contributed by atoms with Crippen LogP contribution in [0.5, 0.6) is 23.0 Å². The standard InChI is InChI=1S/C20H24O4/c1-5-6-13-9-15-12(2)19(24-20(15)18(10-13)23-4)14-7-8-16(21)17(11-14)22-3/h7-12,19,21H,5-6H2,1-4H3/t12-,19+/m0/s1. The molecule has 0 amide bonds. The molecule has 128 valence electrons. The van der Waals surface area contributed by atoms with E-state index in [4.69, 9.17) is 14.2 Å². The van der Waals surface area contributed by atoms with Crippen LogP contribution >= 0.6 is 0 Å². The minimum Gasteiger partial charge on any atom is -0.504 e. The molecule has 0 radical (unpaired) electrons. The zero-order chi connectivity index (χ0) is 17.3. The Labute approximate surface area is 143 Å². The SMILES string of the molecule is CCCc1cc(OC)c2c(c1)[C@H](C)[C@H](c1ccc(O)c(OC)c1)O2. The van der Waals surface area contributed by atoms with Crippen molar-refractivity contribution in [2.24, 2.45) is 0 Å². The summed E-state index contributed by atoms with van der Waals surface area (Å²) in [4.78, 5) is 0. The zero-order valence-corrected chi connectivity index (χ0v) is 14.6. The molecule has 2 aromatic rings. The third-order valence-corrected chi connectivity index (χ3v) is 4.62. The molecule has 0 spiro atoms. The van der Waals surface area contributed by atoms with E-state index >= 15 is 0 Å². The van der Waals surface area contributed by atoms with Crippen LogP contribution < -0.4 is 14.2 Å². The van der Waals surface area contributed by atoms with Gasteiger partial charge in [-0.15, -0.1) is 0 Å². The van der Waals surface area contributed by atoms with Gasteiger partial charge in [0.15, 0.2) is 23.0 Å². The Hall–Kier alpha value is -2.36. The second kappa shape index (κ2) is 6.63. The van der Waals surface area contributed by atoms with Crippen LogP contribution in [-0.2, 0) is 6.42 Å². The number of fused-ring (bicyclic) bond motifs is 1. The molecule has 0 saturated carbocycles. The third-order valence-electron chi connectivity index (χ3n) is 4.62. The van der Waals surface area contributed by atoms with Crippen molar-refractivity contribution < 1.29 is 19.3 Å². The number of rotatable bonds is 5. The van der Waals surface area contributed by atoms with Gasteiger partial charge in [-0.1, -0.05) is 32.4 Å². The normalized spacial score (nSPS) is 18.8. The Morgan fingerprint density at radius 1 is 1.08 bits per heavy atom. The number of phenols is 1. The maximum absolute atomic E-state index is 9.81. The number of aryl methyl sites for hydroxylation is 1. The van der Waals surface area contributed by atoms with E-state index in [2.05, 4.69) is 26.0 Å². The number of hydrogen-bond acceptors (Lipinski definition) is 4. The zero-order valence-electron chi connectivity index (χ0n) is 14.6. The van der Waals surface area contributed by atoms with Crippen LogP contribution in [0.3, 0.4) is 0 Å². The maximum atomic E-state index is 9.81. The highest BCUT2D eigenvalue weighted by atomic mass is 16.5. The smallest absolute Gasteiger partial charge is 0.165 e. The topological polar surface area (TPSA) is 47.9 Å².